The van der Waals surface area contributed by atoms with Gasteiger partial charge < -0.3 is 14.4 Å². The van der Waals surface area contributed by atoms with Crippen LogP contribution in [-0.4, -0.2) is 66.4 Å². The van der Waals surface area contributed by atoms with Gasteiger partial charge in [0.15, 0.2) is 0 Å². The third-order valence-electron chi connectivity index (χ3n) is 3.45. The van der Waals surface area contributed by atoms with Crippen molar-refractivity contribution in [1.82, 2.24) is 9.80 Å². The van der Waals surface area contributed by atoms with Gasteiger partial charge in [0.05, 0.1) is 11.5 Å². The lowest BCUT2D eigenvalue weighted by molar-refractivity contribution is -0.146. The van der Waals surface area contributed by atoms with E-state index in [-0.39, 0.29) is 19.1 Å². The minimum atomic E-state index is -0.467. The first kappa shape index (κ1) is 20.4. The molecule has 0 N–H and O–H groups in total. The van der Waals surface area contributed by atoms with Gasteiger partial charge in [-0.3, -0.25) is 14.5 Å². The van der Waals surface area contributed by atoms with E-state index in [0.717, 1.165) is 11.3 Å². The zero-order valence-corrected chi connectivity index (χ0v) is 16.7. The maximum Gasteiger partial charge on any atom is 0.326 e. The molecular formula is C18H22N2O4S2. The van der Waals surface area contributed by atoms with E-state index in [1.807, 2.05) is 50.2 Å². The van der Waals surface area contributed by atoms with Crippen LogP contribution in [0.3, 0.4) is 0 Å². The number of benzene rings is 1. The van der Waals surface area contributed by atoms with Gasteiger partial charge in [0.1, 0.15) is 23.2 Å². The summed E-state index contributed by atoms with van der Waals surface area (Å²) in [5.74, 6) is 0.0292. The molecule has 8 heteroatoms. The molecule has 0 atom stereocenters. The summed E-state index contributed by atoms with van der Waals surface area (Å²) in [6.45, 7) is 3.26. The number of thioether (sulfide) groups is 1. The molecule has 1 fully saturated rings. The fraction of sp³-hybridized carbons (Fsp3) is 0.389. The summed E-state index contributed by atoms with van der Waals surface area (Å²) in [4.78, 5) is 28.1. The third kappa shape index (κ3) is 5.82. The van der Waals surface area contributed by atoms with Gasteiger partial charge >= 0.3 is 5.97 Å². The second-order valence-electron chi connectivity index (χ2n) is 5.79. The molecule has 1 aliphatic heterocycles. The number of rotatable bonds is 8. The van der Waals surface area contributed by atoms with Gasteiger partial charge in [0.25, 0.3) is 5.91 Å². The van der Waals surface area contributed by atoms with Gasteiger partial charge in [-0.15, -0.1) is 0 Å². The molecule has 0 bridgehead atoms. The molecule has 1 aromatic rings. The highest BCUT2D eigenvalue weighted by Crippen LogP contribution is 2.32. The Morgan fingerprint density at radius 3 is 2.62 bits per heavy atom. The van der Waals surface area contributed by atoms with Crippen LogP contribution in [0.25, 0.3) is 6.08 Å². The Kier molecular flexibility index (Phi) is 7.62. The van der Waals surface area contributed by atoms with Crippen molar-refractivity contribution < 1.29 is 19.1 Å². The maximum atomic E-state index is 12.5. The molecule has 0 spiro atoms. The summed E-state index contributed by atoms with van der Waals surface area (Å²) in [5.41, 5.74) is 0.863. The van der Waals surface area contributed by atoms with E-state index in [2.05, 4.69) is 0 Å². The highest BCUT2D eigenvalue weighted by atomic mass is 32.2. The van der Waals surface area contributed by atoms with Gasteiger partial charge in [-0.2, -0.15) is 0 Å². The normalized spacial score (nSPS) is 15.8. The van der Waals surface area contributed by atoms with Crippen LogP contribution < -0.4 is 4.74 Å². The molecule has 1 aliphatic rings. The average Bonchev–Trinajstić information content (AvgIpc) is 2.84. The van der Waals surface area contributed by atoms with Gasteiger partial charge in [0, 0.05) is 6.54 Å². The SMILES string of the molecule is CCOc1ccc(C=C2SC(=S)N(CC(=O)OCCN(C)C)C2=O)cc1. The fourth-order valence-corrected chi connectivity index (χ4v) is 3.39. The summed E-state index contributed by atoms with van der Waals surface area (Å²) in [6, 6.07) is 7.43. The summed E-state index contributed by atoms with van der Waals surface area (Å²) >= 11 is 6.41. The van der Waals surface area contributed by atoms with Crippen molar-refractivity contribution in [1.29, 1.82) is 0 Å². The van der Waals surface area contributed by atoms with Gasteiger partial charge in [-0.05, 0) is 44.8 Å². The monoisotopic (exact) mass is 394 g/mol. The van der Waals surface area contributed by atoms with Crippen molar-refractivity contribution in [3.8, 4) is 5.75 Å². The quantitative estimate of drug-likeness (QED) is 0.381. The van der Waals surface area contributed by atoms with Crippen LogP contribution in [0, 0.1) is 0 Å². The fourth-order valence-electron chi connectivity index (χ4n) is 2.13. The molecule has 0 aromatic heterocycles. The van der Waals surface area contributed by atoms with E-state index in [4.69, 9.17) is 21.7 Å². The van der Waals surface area contributed by atoms with Crippen molar-refractivity contribution in [2.45, 2.75) is 6.92 Å². The molecule has 140 valence electrons. The number of esters is 1. The number of hydrogen-bond acceptors (Lipinski definition) is 7. The molecular weight excluding hydrogens is 372 g/mol. The molecule has 6 nitrogen and oxygen atoms in total. The molecule has 0 radical (unpaired) electrons. The van der Waals surface area contributed by atoms with Crippen LogP contribution >= 0.6 is 24.0 Å². The van der Waals surface area contributed by atoms with Crippen LogP contribution in [0.4, 0.5) is 0 Å². The first-order chi connectivity index (χ1) is 12.4. The number of nitrogens with zero attached hydrogens (tertiary/aromatic N) is 2. The number of thiocarbonyl (C=S) groups is 1. The zero-order chi connectivity index (χ0) is 19.1. The van der Waals surface area contributed by atoms with E-state index < -0.39 is 5.97 Å². The molecule has 26 heavy (non-hydrogen) atoms. The highest BCUT2D eigenvalue weighted by molar-refractivity contribution is 8.26. The van der Waals surface area contributed by atoms with Gasteiger partial charge in [-0.25, -0.2) is 0 Å². The highest BCUT2D eigenvalue weighted by Gasteiger charge is 2.33. The van der Waals surface area contributed by atoms with Gasteiger partial charge in [0.2, 0.25) is 0 Å². The number of carbonyl (C=O) groups excluding carboxylic acids is 2. The summed E-state index contributed by atoms with van der Waals surface area (Å²) in [5, 5.41) is 0. The van der Waals surface area contributed by atoms with Crippen molar-refractivity contribution in [2.24, 2.45) is 0 Å². The van der Waals surface area contributed by atoms with Crippen molar-refractivity contribution in [3.63, 3.8) is 0 Å². The largest absolute Gasteiger partial charge is 0.494 e. The lowest BCUT2D eigenvalue weighted by atomic mass is 10.2. The minimum Gasteiger partial charge on any atom is -0.494 e. The second-order valence-corrected chi connectivity index (χ2v) is 7.47. The second kappa shape index (κ2) is 9.70. The molecule has 0 aliphatic carbocycles. The molecule has 1 aromatic carbocycles. The van der Waals surface area contributed by atoms with Crippen molar-refractivity contribution in [3.05, 3.63) is 34.7 Å². The van der Waals surface area contributed by atoms with Crippen LogP contribution in [0.15, 0.2) is 29.2 Å². The Hall–Kier alpha value is -1.90. The maximum absolute atomic E-state index is 12.5. The van der Waals surface area contributed by atoms with Crippen molar-refractivity contribution in [2.75, 3.05) is 40.4 Å². The predicted octanol–water partition coefficient (Wildman–Crippen LogP) is 2.39. The van der Waals surface area contributed by atoms with E-state index in [9.17, 15) is 9.59 Å². The van der Waals surface area contributed by atoms with E-state index in [1.54, 1.807) is 6.08 Å². The van der Waals surface area contributed by atoms with E-state index >= 15 is 0 Å². The molecule has 0 saturated carbocycles. The third-order valence-corrected chi connectivity index (χ3v) is 4.83. The lowest BCUT2D eigenvalue weighted by Gasteiger charge is -2.14. The molecule has 2 rings (SSSR count). The van der Waals surface area contributed by atoms with E-state index in [1.165, 1.54) is 16.7 Å². The first-order valence-electron chi connectivity index (χ1n) is 8.19. The van der Waals surface area contributed by atoms with Crippen LogP contribution in [-0.2, 0) is 14.3 Å². The predicted molar refractivity (Wildman–Crippen MR) is 107 cm³/mol. The van der Waals surface area contributed by atoms with E-state index in [0.29, 0.717) is 22.4 Å². The van der Waals surface area contributed by atoms with Crippen LogP contribution in [0.1, 0.15) is 12.5 Å². The Morgan fingerprint density at radius 2 is 2.00 bits per heavy atom. The molecule has 1 heterocycles. The van der Waals surface area contributed by atoms with Gasteiger partial charge in [-0.1, -0.05) is 36.1 Å². The Labute approximate surface area is 163 Å². The smallest absolute Gasteiger partial charge is 0.326 e. The zero-order valence-electron chi connectivity index (χ0n) is 15.1. The summed E-state index contributed by atoms with van der Waals surface area (Å²) < 4.78 is 10.9. The lowest BCUT2D eigenvalue weighted by Crippen LogP contribution is -2.35. The molecule has 1 amide bonds. The summed E-state index contributed by atoms with van der Waals surface area (Å²) in [6.07, 6.45) is 1.76. The number of likely N-dealkylation sites (N-methyl/N-ethyl adjacent to an activating group) is 1. The van der Waals surface area contributed by atoms with Crippen molar-refractivity contribution >= 4 is 46.3 Å². The molecule has 0 unspecified atom stereocenters. The molecule has 1 saturated heterocycles. The Morgan fingerprint density at radius 1 is 1.31 bits per heavy atom. The Bertz CT molecular complexity index is 702. The number of carbonyl (C=O) groups is 2. The number of ether oxygens (including phenoxy) is 2. The first-order valence-corrected chi connectivity index (χ1v) is 9.41. The minimum absolute atomic E-state index is 0.168. The standard InChI is InChI=1S/C18H22N2O4S2/c1-4-23-14-7-5-13(6-8-14)11-15-17(22)20(18(25)26-15)12-16(21)24-10-9-19(2)3/h5-8,11H,4,9-10,12H2,1-3H3. The average molecular weight is 395 g/mol. The van der Waals surface area contributed by atoms with Crippen LogP contribution in [0.2, 0.25) is 0 Å². The summed E-state index contributed by atoms with van der Waals surface area (Å²) in [7, 11) is 3.78. The van der Waals surface area contributed by atoms with Crippen LogP contribution in [0.5, 0.6) is 5.75 Å². The number of hydrogen-bond donors (Lipinski definition) is 0. The number of amides is 1. The topological polar surface area (TPSA) is 59.1 Å². The Balaban J connectivity index is 1.97.